The smallest absolute Gasteiger partial charge is 0.335 e. The minimum atomic E-state index is -0.931. The van der Waals surface area contributed by atoms with Crippen LogP contribution < -0.4 is 4.74 Å². The van der Waals surface area contributed by atoms with Gasteiger partial charge >= 0.3 is 11.9 Å². The molecule has 38 heavy (non-hydrogen) atoms. The van der Waals surface area contributed by atoms with Crippen LogP contribution in [0.1, 0.15) is 82.9 Å². The summed E-state index contributed by atoms with van der Waals surface area (Å²) in [5.41, 5.74) is 3.76. The van der Waals surface area contributed by atoms with Gasteiger partial charge < -0.3 is 14.9 Å². The zero-order chi connectivity index (χ0) is 27.2. The lowest BCUT2D eigenvalue weighted by Gasteiger charge is -2.15. The van der Waals surface area contributed by atoms with E-state index in [9.17, 15) is 14.7 Å². The minimum Gasteiger partial charge on any atom is -0.493 e. The van der Waals surface area contributed by atoms with Gasteiger partial charge in [-0.2, -0.15) is 0 Å². The van der Waals surface area contributed by atoms with Crippen LogP contribution in [0.3, 0.4) is 0 Å². The molecule has 0 radical (unpaired) electrons. The molecule has 5 heteroatoms. The Bertz CT molecular complexity index is 1180. The molecule has 0 aliphatic carbocycles. The van der Waals surface area contributed by atoms with Crippen LogP contribution in [0, 0.1) is 5.92 Å². The quantitative estimate of drug-likeness (QED) is 0.190. The third kappa shape index (κ3) is 9.55. The van der Waals surface area contributed by atoms with Crippen molar-refractivity contribution < 1.29 is 24.5 Å². The second-order valence-electron chi connectivity index (χ2n) is 9.67. The highest BCUT2D eigenvalue weighted by molar-refractivity contribution is 5.88. The molecule has 1 unspecified atom stereocenters. The van der Waals surface area contributed by atoms with E-state index in [1.807, 2.05) is 42.5 Å². The number of allylic oxidation sites excluding steroid dienone is 1. The maximum absolute atomic E-state index is 11.2. The fraction of sp³-hybridized carbons (Fsp3) is 0.333. The lowest BCUT2D eigenvalue weighted by molar-refractivity contribution is 0.0686. The van der Waals surface area contributed by atoms with Crippen LogP contribution in [0.4, 0.5) is 0 Å². The van der Waals surface area contributed by atoms with Crippen LogP contribution in [0.25, 0.3) is 6.08 Å². The van der Waals surface area contributed by atoms with Gasteiger partial charge in [0, 0.05) is 5.56 Å². The van der Waals surface area contributed by atoms with E-state index in [-0.39, 0.29) is 17.0 Å². The molecular weight excluding hydrogens is 476 g/mol. The third-order valence-electron chi connectivity index (χ3n) is 6.68. The number of carboxylic acid groups (broad SMARTS) is 2. The molecule has 0 spiro atoms. The number of rotatable bonds is 16. The first-order chi connectivity index (χ1) is 18.5. The van der Waals surface area contributed by atoms with Gasteiger partial charge in [0.05, 0.1) is 17.7 Å². The van der Waals surface area contributed by atoms with Gasteiger partial charge in [0.1, 0.15) is 5.75 Å². The normalized spacial score (nSPS) is 11.9. The van der Waals surface area contributed by atoms with E-state index in [4.69, 9.17) is 9.84 Å². The maximum Gasteiger partial charge on any atom is 0.335 e. The van der Waals surface area contributed by atoms with E-state index >= 15 is 0 Å². The molecule has 0 saturated heterocycles. The number of para-hydroxylation sites is 1. The first-order valence-electron chi connectivity index (χ1n) is 13.5. The van der Waals surface area contributed by atoms with E-state index in [1.54, 1.807) is 24.3 Å². The largest absolute Gasteiger partial charge is 0.493 e. The number of carbonyl (C=O) groups is 2. The molecular formula is C33H38O5. The second kappa shape index (κ2) is 15.4. The number of unbranched alkanes of at least 4 members (excludes halogenated alkanes) is 4. The first kappa shape index (κ1) is 28.7. The Morgan fingerprint density at radius 1 is 0.789 bits per heavy atom. The topological polar surface area (TPSA) is 83.8 Å². The van der Waals surface area contributed by atoms with Crippen molar-refractivity contribution in [2.24, 2.45) is 5.92 Å². The van der Waals surface area contributed by atoms with E-state index in [0.29, 0.717) is 6.61 Å². The van der Waals surface area contributed by atoms with Gasteiger partial charge in [-0.15, -0.1) is 0 Å². The number of benzene rings is 3. The summed E-state index contributed by atoms with van der Waals surface area (Å²) in [6, 6.07) is 22.1. The fourth-order valence-electron chi connectivity index (χ4n) is 4.40. The van der Waals surface area contributed by atoms with Crippen LogP contribution >= 0.6 is 0 Å². The Morgan fingerprint density at radius 3 is 2.03 bits per heavy atom. The molecule has 0 bridgehead atoms. The Kier molecular flexibility index (Phi) is 11.6. The molecule has 0 amide bonds. The van der Waals surface area contributed by atoms with Crippen LogP contribution in [0.15, 0.2) is 78.9 Å². The SMILES string of the molecule is CCCCCCCOc1ccccc1/C=C/C(CCc1ccc(C(=O)O)cc1)Cc1ccc(C(=O)O)cc1. The summed E-state index contributed by atoms with van der Waals surface area (Å²) in [7, 11) is 0. The van der Waals surface area contributed by atoms with Gasteiger partial charge in [0.25, 0.3) is 0 Å². The van der Waals surface area contributed by atoms with Gasteiger partial charge in [-0.1, -0.05) is 87.2 Å². The van der Waals surface area contributed by atoms with Crippen LogP contribution in [-0.4, -0.2) is 28.8 Å². The minimum absolute atomic E-state index is 0.201. The molecule has 3 aromatic carbocycles. The number of aryl methyl sites for hydroxylation is 1. The lowest BCUT2D eigenvalue weighted by Crippen LogP contribution is -2.05. The van der Waals surface area contributed by atoms with Crippen molar-refractivity contribution in [3.8, 4) is 5.75 Å². The van der Waals surface area contributed by atoms with Crippen molar-refractivity contribution in [2.45, 2.75) is 58.3 Å². The predicted molar refractivity (Wildman–Crippen MR) is 152 cm³/mol. The molecule has 1 atom stereocenters. The molecule has 0 aromatic heterocycles. The highest BCUT2D eigenvalue weighted by Crippen LogP contribution is 2.24. The fourth-order valence-corrected chi connectivity index (χ4v) is 4.40. The second-order valence-corrected chi connectivity index (χ2v) is 9.67. The molecule has 0 aliphatic heterocycles. The molecule has 0 fully saturated rings. The summed E-state index contributed by atoms with van der Waals surface area (Å²) >= 11 is 0. The highest BCUT2D eigenvalue weighted by atomic mass is 16.5. The number of aromatic carboxylic acids is 2. The zero-order valence-electron chi connectivity index (χ0n) is 22.1. The highest BCUT2D eigenvalue weighted by Gasteiger charge is 2.11. The molecule has 0 saturated carbocycles. The standard InChI is InChI=1S/C33H38O5/c1-2-3-4-5-8-23-38-31-10-7-6-9-28(31)18-15-26(24-27-16-21-30(22-17-27)33(36)37)12-11-25-13-19-29(20-14-25)32(34)35/h6-7,9-10,13-22,26H,2-5,8,11-12,23-24H2,1H3,(H,34,35)(H,36,37)/b18-15+. The zero-order valence-corrected chi connectivity index (χ0v) is 22.1. The number of ether oxygens (including phenoxy) is 1. The average Bonchev–Trinajstić information content (AvgIpc) is 2.93. The summed E-state index contributed by atoms with van der Waals surface area (Å²) in [5.74, 6) is -0.774. The van der Waals surface area contributed by atoms with Crippen molar-refractivity contribution in [2.75, 3.05) is 6.61 Å². The molecule has 200 valence electrons. The summed E-state index contributed by atoms with van der Waals surface area (Å²) in [5, 5.41) is 18.4. The van der Waals surface area contributed by atoms with Crippen molar-refractivity contribution in [1.82, 2.24) is 0 Å². The van der Waals surface area contributed by atoms with E-state index < -0.39 is 11.9 Å². The van der Waals surface area contributed by atoms with Gasteiger partial charge in [-0.3, -0.25) is 0 Å². The average molecular weight is 515 g/mol. The third-order valence-corrected chi connectivity index (χ3v) is 6.68. The summed E-state index contributed by atoms with van der Waals surface area (Å²) in [6.07, 6.45) is 12.7. The van der Waals surface area contributed by atoms with Crippen molar-refractivity contribution in [3.63, 3.8) is 0 Å². The van der Waals surface area contributed by atoms with Gasteiger partial charge in [-0.25, -0.2) is 9.59 Å². The first-order valence-corrected chi connectivity index (χ1v) is 13.5. The Hall–Kier alpha value is -3.86. The monoisotopic (exact) mass is 514 g/mol. The summed E-state index contributed by atoms with van der Waals surface area (Å²) in [4.78, 5) is 22.4. The molecule has 3 rings (SSSR count). The van der Waals surface area contributed by atoms with Crippen molar-refractivity contribution in [1.29, 1.82) is 0 Å². The molecule has 3 aromatic rings. The number of hydrogen-bond acceptors (Lipinski definition) is 3. The Labute approximate surface area is 225 Å². The molecule has 0 heterocycles. The van der Waals surface area contributed by atoms with Crippen LogP contribution in [0.5, 0.6) is 5.75 Å². The lowest BCUT2D eigenvalue weighted by atomic mass is 9.91. The maximum atomic E-state index is 11.2. The van der Waals surface area contributed by atoms with Gasteiger partial charge in [0.15, 0.2) is 0 Å². The molecule has 0 aliphatic rings. The van der Waals surface area contributed by atoms with E-state index in [0.717, 1.165) is 48.1 Å². The van der Waals surface area contributed by atoms with Crippen LogP contribution in [0.2, 0.25) is 0 Å². The van der Waals surface area contributed by atoms with E-state index in [2.05, 4.69) is 25.1 Å². The van der Waals surface area contributed by atoms with Crippen molar-refractivity contribution >= 4 is 18.0 Å². The summed E-state index contributed by atoms with van der Waals surface area (Å²) in [6.45, 7) is 2.92. The number of carboxylic acids is 2. The Balaban J connectivity index is 1.70. The predicted octanol–water partition coefficient (Wildman–Crippen LogP) is 7.94. The van der Waals surface area contributed by atoms with E-state index in [1.165, 1.54) is 25.7 Å². The van der Waals surface area contributed by atoms with Gasteiger partial charge in [-0.05, 0) is 73.1 Å². The van der Waals surface area contributed by atoms with Gasteiger partial charge in [0.2, 0.25) is 0 Å². The van der Waals surface area contributed by atoms with Crippen LogP contribution in [-0.2, 0) is 12.8 Å². The molecule has 2 N–H and O–H groups in total. The molecule has 5 nitrogen and oxygen atoms in total. The Morgan fingerprint density at radius 2 is 1.39 bits per heavy atom. The van der Waals surface area contributed by atoms with Crippen molar-refractivity contribution in [3.05, 3.63) is 107 Å². The summed E-state index contributed by atoms with van der Waals surface area (Å²) < 4.78 is 6.11. The number of hydrogen-bond donors (Lipinski definition) is 2.